The van der Waals surface area contributed by atoms with Crippen LogP contribution in [0.25, 0.3) is 0 Å². The van der Waals surface area contributed by atoms with Gasteiger partial charge in [0.2, 0.25) is 10.0 Å². The molecule has 2 rings (SSSR count). The first-order valence-electron chi connectivity index (χ1n) is 5.83. The van der Waals surface area contributed by atoms with Gasteiger partial charge >= 0.3 is 0 Å². The predicted molar refractivity (Wildman–Crippen MR) is 70.7 cm³/mol. The fourth-order valence-corrected chi connectivity index (χ4v) is 2.72. The van der Waals surface area contributed by atoms with Crippen molar-refractivity contribution >= 4 is 10.0 Å². The summed E-state index contributed by atoms with van der Waals surface area (Å²) >= 11 is 0. The number of hydrogen-bond donors (Lipinski definition) is 1. The smallest absolute Gasteiger partial charge is 0.240 e. The van der Waals surface area contributed by atoms with Crippen LogP contribution in [0.15, 0.2) is 47.6 Å². The Balaban J connectivity index is 2.08. The standard InChI is InChI=1S/C13H12FN3O2S/c14-13-4-3-12(9-11(13)10-15)20(18,19)16-5-8-17-6-1-2-7-17/h1-4,6-7,9,16H,5,8H2. The van der Waals surface area contributed by atoms with Gasteiger partial charge in [0.1, 0.15) is 11.9 Å². The number of nitrogens with one attached hydrogen (secondary N) is 1. The molecule has 0 bridgehead atoms. The quantitative estimate of drug-likeness (QED) is 0.907. The molecule has 1 N–H and O–H groups in total. The van der Waals surface area contributed by atoms with Crippen LogP contribution in [0, 0.1) is 17.1 Å². The van der Waals surface area contributed by atoms with E-state index in [2.05, 4.69) is 4.72 Å². The number of benzene rings is 1. The molecule has 0 fully saturated rings. The fourth-order valence-electron chi connectivity index (χ4n) is 1.67. The molecule has 20 heavy (non-hydrogen) atoms. The SMILES string of the molecule is N#Cc1cc(S(=O)(=O)NCCn2cccc2)ccc1F. The van der Waals surface area contributed by atoms with Crippen LogP contribution in [-0.2, 0) is 16.6 Å². The van der Waals surface area contributed by atoms with Gasteiger partial charge in [0.25, 0.3) is 0 Å². The normalized spacial score (nSPS) is 11.2. The second kappa shape index (κ2) is 5.86. The second-order valence-corrected chi connectivity index (χ2v) is 5.84. The Morgan fingerprint density at radius 1 is 1.30 bits per heavy atom. The van der Waals surface area contributed by atoms with Gasteiger partial charge in [-0.2, -0.15) is 5.26 Å². The maximum atomic E-state index is 13.2. The molecular formula is C13H12FN3O2S. The number of nitriles is 1. The maximum absolute atomic E-state index is 13.2. The van der Waals surface area contributed by atoms with Gasteiger partial charge in [0.15, 0.2) is 0 Å². The minimum Gasteiger partial charge on any atom is -0.353 e. The van der Waals surface area contributed by atoms with Crippen molar-refractivity contribution in [1.82, 2.24) is 9.29 Å². The molecule has 0 aliphatic rings. The Labute approximate surface area is 116 Å². The minimum atomic E-state index is -3.74. The van der Waals surface area contributed by atoms with Crippen molar-refractivity contribution in [3.63, 3.8) is 0 Å². The summed E-state index contributed by atoms with van der Waals surface area (Å²) < 4.78 is 41.4. The van der Waals surface area contributed by atoms with E-state index in [9.17, 15) is 12.8 Å². The summed E-state index contributed by atoms with van der Waals surface area (Å²) in [5, 5.41) is 8.70. The lowest BCUT2D eigenvalue weighted by molar-refractivity contribution is 0.572. The molecule has 1 aromatic heterocycles. The van der Waals surface area contributed by atoms with Crippen LogP contribution < -0.4 is 4.72 Å². The van der Waals surface area contributed by atoms with Gasteiger partial charge in [0, 0.05) is 25.5 Å². The molecule has 0 radical (unpaired) electrons. The molecule has 0 spiro atoms. The zero-order valence-corrected chi connectivity index (χ0v) is 11.3. The lowest BCUT2D eigenvalue weighted by Crippen LogP contribution is -2.27. The summed E-state index contributed by atoms with van der Waals surface area (Å²) in [6, 6.07) is 8.42. The molecule has 0 saturated carbocycles. The van der Waals surface area contributed by atoms with E-state index in [1.54, 1.807) is 6.07 Å². The first-order chi connectivity index (χ1) is 9.53. The monoisotopic (exact) mass is 293 g/mol. The minimum absolute atomic E-state index is 0.122. The fraction of sp³-hybridized carbons (Fsp3) is 0.154. The third kappa shape index (κ3) is 3.23. The Kier molecular flexibility index (Phi) is 4.17. The third-order valence-electron chi connectivity index (χ3n) is 2.70. The molecule has 104 valence electrons. The van der Waals surface area contributed by atoms with Crippen LogP contribution in [0.1, 0.15) is 5.56 Å². The number of aromatic nitrogens is 1. The molecule has 0 aliphatic carbocycles. The predicted octanol–water partition coefficient (Wildman–Crippen LogP) is 1.48. The van der Waals surface area contributed by atoms with E-state index in [0.717, 1.165) is 18.2 Å². The molecule has 0 saturated heterocycles. The number of hydrogen-bond acceptors (Lipinski definition) is 3. The van der Waals surface area contributed by atoms with Crippen molar-refractivity contribution in [3.8, 4) is 6.07 Å². The van der Waals surface area contributed by atoms with Crippen molar-refractivity contribution in [2.45, 2.75) is 11.4 Å². The molecule has 5 nitrogen and oxygen atoms in total. The van der Waals surface area contributed by atoms with E-state index in [4.69, 9.17) is 5.26 Å². The van der Waals surface area contributed by atoms with E-state index in [1.807, 2.05) is 29.1 Å². The highest BCUT2D eigenvalue weighted by Gasteiger charge is 2.15. The number of sulfonamides is 1. The lowest BCUT2D eigenvalue weighted by Gasteiger charge is -2.08. The van der Waals surface area contributed by atoms with Crippen molar-refractivity contribution in [2.75, 3.05) is 6.54 Å². The molecule has 2 aromatic rings. The molecule has 0 amide bonds. The number of halogens is 1. The molecule has 7 heteroatoms. The summed E-state index contributed by atoms with van der Waals surface area (Å²) in [5.74, 6) is -0.737. The van der Waals surface area contributed by atoms with Gasteiger partial charge < -0.3 is 4.57 Å². The Morgan fingerprint density at radius 3 is 2.65 bits per heavy atom. The molecule has 1 heterocycles. The van der Waals surface area contributed by atoms with Crippen molar-refractivity contribution < 1.29 is 12.8 Å². The van der Waals surface area contributed by atoms with Gasteiger partial charge in [-0.05, 0) is 30.3 Å². The number of rotatable bonds is 5. The van der Waals surface area contributed by atoms with Crippen LogP contribution in [-0.4, -0.2) is 19.5 Å². The molecule has 1 aromatic carbocycles. The van der Waals surface area contributed by atoms with Gasteiger partial charge in [0.05, 0.1) is 10.5 Å². The summed E-state index contributed by atoms with van der Waals surface area (Å²) in [6.07, 6.45) is 3.64. The molecule has 0 aliphatic heterocycles. The Hall–Kier alpha value is -2.17. The first-order valence-corrected chi connectivity index (χ1v) is 7.31. The van der Waals surface area contributed by atoms with Gasteiger partial charge in [-0.1, -0.05) is 0 Å². The van der Waals surface area contributed by atoms with Crippen LogP contribution >= 0.6 is 0 Å². The topological polar surface area (TPSA) is 74.9 Å². The van der Waals surface area contributed by atoms with Crippen molar-refractivity contribution in [1.29, 1.82) is 5.26 Å². The summed E-state index contributed by atoms with van der Waals surface area (Å²) in [6.45, 7) is 0.689. The van der Waals surface area contributed by atoms with Crippen LogP contribution in [0.5, 0.6) is 0 Å². The lowest BCUT2D eigenvalue weighted by atomic mass is 10.2. The first kappa shape index (κ1) is 14.2. The Morgan fingerprint density at radius 2 is 2.00 bits per heavy atom. The van der Waals surface area contributed by atoms with Crippen LogP contribution in [0.3, 0.4) is 0 Å². The Bertz CT molecular complexity index is 733. The van der Waals surface area contributed by atoms with Gasteiger partial charge in [-0.15, -0.1) is 0 Å². The summed E-state index contributed by atoms with van der Waals surface area (Å²) in [5.41, 5.74) is -0.293. The van der Waals surface area contributed by atoms with E-state index < -0.39 is 15.8 Å². The maximum Gasteiger partial charge on any atom is 0.240 e. The van der Waals surface area contributed by atoms with E-state index in [-0.39, 0.29) is 17.0 Å². The van der Waals surface area contributed by atoms with E-state index >= 15 is 0 Å². The van der Waals surface area contributed by atoms with Gasteiger partial charge in [-0.3, -0.25) is 0 Å². The molecule has 0 atom stereocenters. The molecular weight excluding hydrogens is 281 g/mol. The second-order valence-electron chi connectivity index (χ2n) is 4.07. The van der Waals surface area contributed by atoms with Crippen molar-refractivity contribution in [2.24, 2.45) is 0 Å². The summed E-state index contributed by atoms with van der Waals surface area (Å²) in [7, 11) is -3.74. The zero-order valence-electron chi connectivity index (χ0n) is 10.5. The van der Waals surface area contributed by atoms with E-state index in [1.165, 1.54) is 0 Å². The average Bonchev–Trinajstić information content (AvgIpc) is 2.92. The molecule has 0 unspecified atom stereocenters. The van der Waals surface area contributed by atoms with E-state index in [0.29, 0.717) is 6.54 Å². The van der Waals surface area contributed by atoms with Crippen LogP contribution in [0.2, 0.25) is 0 Å². The zero-order chi connectivity index (χ0) is 14.6. The highest BCUT2D eigenvalue weighted by Crippen LogP contribution is 2.14. The highest BCUT2D eigenvalue weighted by atomic mass is 32.2. The largest absolute Gasteiger partial charge is 0.353 e. The average molecular weight is 293 g/mol. The van der Waals surface area contributed by atoms with Crippen LogP contribution in [0.4, 0.5) is 4.39 Å². The highest BCUT2D eigenvalue weighted by molar-refractivity contribution is 7.89. The van der Waals surface area contributed by atoms with Crippen molar-refractivity contribution in [3.05, 3.63) is 54.1 Å². The number of nitrogens with zero attached hydrogens (tertiary/aromatic N) is 2. The van der Waals surface area contributed by atoms with Gasteiger partial charge in [-0.25, -0.2) is 17.5 Å². The summed E-state index contributed by atoms with van der Waals surface area (Å²) in [4.78, 5) is -0.122. The third-order valence-corrected chi connectivity index (χ3v) is 4.16.